The monoisotopic (exact) mass is 272 g/mol. The van der Waals surface area contributed by atoms with E-state index in [4.69, 9.17) is 0 Å². The quantitative estimate of drug-likeness (QED) is 0.778. The number of hydrogen-bond donors (Lipinski definition) is 2. The third-order valence-electron chi connectivity index (χ3n) is 3.23. The van der Waals surface area contributed by atoms with Crippen LogP contribution in [-0.2, 0) is 10.0 Å². The maximum atomic E-state index is 12.3. The van der Waals surface area contributed by atoms with E-state index in [0.29, 0.717) is 6.42 Å². The van der Waals surface area contributed by atoms with Gasteiger partial charge in [0.15, 0.2) is 0 Å². The molecule has 1 aliphatic rings. The Hall–Kier alpha value is -1.18. The summed E-state index contributed by atoms with van der Waals surface area (Å²) in [5.74, 6) is -0.128. The minimum Gasteiger partial charge on any atom is -0.393 e. The number of H-pyrrole nitrogens is 1. The highest BCUT2D eigenvalue weighted by Gasteiger charge is 2.33. The fourth-order valence-electron chi connectivity index (χ4n) is 2.05. The number of sulfonamides is 1. The van der Waals surface area contributed by atoms with Crippen LogP contribution in [0.25, 0.3) is 0 Å². The van der Waals surface area contributed by atoms with Crippen LogP contribution < -0.4 is 5.43 Å². The Morgan fingerprint density at radius 2 is 2.22 bits per heavy atom. The molecule has 2 atom stereocenters. The molecule has 1 aromatic rings. The third-order valence-corrected chi connectivity index (χ3v) is 5.12. The number of aromatic amines is 1. The Kier molecular flexibility index (Phi) is 3.56. The molecule has 2 heterocycles. The van der Waals surface area contributed by atoms with Crippen LogP contribution >= 0.6 is 0 Å². The summed E-state index contributed by atoms with van der Waals surface area (Å²) in [4.78, 5) is 13.9. The van der Waals surface area contributed by atoms with Gasteiger partial charge in [0.05, 0.1) is 6.10 Å². The summed E-state index contributed by atoms with van der Waals surface area (Å²) in [5.41, 5.74) is -0.521. The van der Waals surface area contributed by atoms with E-state index in [1.807, 2.05) is 0 Å². The Morgan fingerprint density at radius 1 is 1.50 bits per heavy atom. The SMILES string of the molecule is CC1CN(S(=O)(=O)c2c[nH]ccc2=O)CCC1O. The summed E-state index contributed by atoms with van der Waals surface area (Å²) in [7, 11) is -3.77. The van der Waals surface area contributed by atoms with E-state index in [9.17, 15) is 18.3 Å². The number of pyridine rings is 1. The smallest absolute Gasteiger partial charge is 0.248 e. The van der Waals surface area contributed by atoms with Gasteiger partial charge in [0, 0.05) is 31.5 Å². The third kappa shape index (κ3) is 2.33. The lowest BCUT2D eigenvalue weighted by Gasteiger charge is -2.33. The molecule has 1 aliphatic heterocycles. The molecule has 1 saturated heterocycles. The van der Waals surface area contributed by atoms with E-state index in [0.717, 1.165) is 0 Å². The Bertz CT molecular complexity index is 581. The average Bonchev–Trinajstić information content (AvgIpc) is 2.33. The van der Waals surface area contributed by atoms with E-state index >= 15 is 0 Å². The molecule has 0 bridgehead atoms. The van der Waals surface area contributed by atoms with Crippen molar-refractivity contribution in [1.29, 1.82) is 0 Å². The summed E-state index contributed by atoms with van der Waals surface area (Å²) in [6.07, 6.45) is 2.51. The van der Waals surface area contributed by atoms with Gasteiger partial charge in [-0.1, -0.05) is 6.92 Å². The average molecular weight is 272 g/mol. The maximum Gasteiger partial charge on any atom is 0.248 e. The zero-order valence-electron chi connectivity index (χ0n) is 10.0. The van der Waals surface area contributed by atoms with Gasteiger partial charge in [-0.15, -0.1) is 0 Å². The van der Waals surface area contributed by atoms with Crippen LogP contribution in [0.5, 0.6) is 0 Å². The first-order chi connectivity index (χ1) is 8.43. The van der Waals surface area contributed by atoms with Crippen molar-refractivity contribution in [3.8, 4) is 0 Å². The predicted octanol–water partition coefficient (Wildman–Crippen LogP) is -0.234. The van der Waals surface area contributed by atoms with Gasteiger partial charge in [0.2, 0.25) is 15.5 Å². The Labute approximate surface area is 105 Å². The first-order valence-corrected chi connectivity index (χ1v) is 7.22. The van der Waals surface area contributed by atoms with Crippen molar-refractivity contribution in [2.45, 2.75) is 24.3 Å². The van der Waals surface area contributed by atoms with Gasteiger partial charge in [0.25, 0.3) is 0 Å². The highest BCUT2D eigenvalue weighted by molar-refractivity contribution is 7.89. The van der Waals surface area contributed by atoms with Crippen LogP contribution in [-0.4, -0.2) is 42.0 Å². The second-order valence-electron chi connectivity index (χ2n) is 4.57. The molecule has 18 heavy (non-hydrogen) atoms. The maximum absolute atomic E-state index is 12.3. The molecular formula is C11H16N2O4S. The van der Waals surface area contributed by atoms with Crippen molar-refractivity contribution in [2.75, 3.05) is 13.1 Å². The van der Waals surface area contributed by atoms with Crippen LogP contribution in [0.3, 0.4) is 0 Å². The van der Waals surface area contributed by atoms with Crippen molar-refractivity contribution in [2.24, 2.45) is 5.92 Å². The molecule has 100 valence electrons. The molecular weight excluding hydrogens is 256 g/mol. The number of nitrogens with zero attached hydrogens (tertiary/aromatic N) is 1. The second-order valence-corrected chi connectivity index (χ2v) is 6.48. The van der Waals surface area contributed by atoms with Crippen molar-refractivity contribution < 1.29 is 13.5 Å². The minimum absolute atomic E-state index is 0.128. The van der Waals surface area contributed by atoms with Gasteiger partial charge in [-0.3, -0.25) is 4.79 Å². The van der Waals surface area contributed by atoms with E-state index < -0.39 is 21.6 Å². The first kappa shape index (κ1) is 13.3. The molecule has 2 unspecified atom stereocenters. The molecule has 6 nitrogen and oxygen atoms in total. The lowest BCUT2D eigenvalue weighted by molar-refractivity contribution is 0.0628. The van der Waals surface area contributed by atoms with Gasteiger partial charge < -0.3 is 10.1 Å². The molecule has 0 spiro atoms. The molecule has 0 radical (unpaired) electrons. The van der Waals surface area contributed by atoms with Gasteiger partial charge >= 0.3 is 0 Å². The fourth-order valence-corrected chi connectivity index (χ4v) is 3.65. The zero-order valence-corrected chi connectivity index (χ0v) is 10.9. The second kappa shape index (κ2) is 4.83. The molecule has 2 rings (SSSR count). The molecule has 0 aliphatic carbocycles. The first-order valence-electron chi connectivity index (χ1n) is 5.78. The molecule has 0 saturated carbocycles. The molecule has 1 aromatic heterocycles. The summed E-state index contributed by atoms with van der Waals surface area (Å²) in [5, 5.41) is 9.60. The molecule has 1 fully saturated rings. The summed E-state index contributed by atoms with van der Waals surface area (Å²) in [6, 6.07) is 1.19. The van der Waals surface area contributed by atoms with Crippen molar-refractivity contribution in [1.82, 2.24) is 9.29 Å². The number of aliphatic hydroxyl groups is 1. The topological polar surface area (TPSA) is 90.5 Å². The van der Waals surface area contributed by atoms with Gasteiger partial charge in [-0.05, 0) is 12.3 Å². The number of aromatic nitrogens is 1. The fraction of sp³-hybridized carbons (Fsp3) is 0.545. The number of hydrogen-bond acceptors (Lipinski definition) is 4. The van der Waals surface area contributed by atoms with Crippen molar-refractivity contribution in [3.63, 3.8) is 0 Å². The number of nitrogens with one attached hydrogen (secondary N) is 1. The van der Waals surface area contributed by atoms with E-state index in [2.05, 4.69) is 4.98 Å². The van der Waals surface area contributed by atoms with Crippen LogP contribution in [0.15, 0.2) is 28.2 Å². The summed E-state index contributed by atoms with van der Waals surface area (Å²) in [6.45, 7) is 2.27. The van der Waals surface area contributed by atoms with Crippen LogP contribution in [0.1, 0.15) is 13.3 Å². The highest BCUT2D eigenvalue weighted by atomic mass is 32.2. The Morgan fingerprint density at radius 3 is 2.83 bits per heavy atom. The Balaban J connectivity index is 2.33. The van der Waals surface area contributed by atoms with Crippen molar-refractivity contribution in [3.05, 3.63) is 28.7 Å². The molecule has 0 amide bonds. The van der Waals surface area contributed by atoms with Crippen LogP contribution in [0.2, 0.25) is 0 Å². The largest absolute Gasteiger partial charge is 0.393 e. The van der Waals surface area contributed by atoms with Crippen molar-refractivity contribution >= 4 is 10.0 Å². The van der Waals surface area contributed by atoms with E-state index in [1.165, 1.54) is 22.8 Å². The summed E-state index contributed by atoms with van der Waals surface area (Å²) < 4.78 is 25.8. The van der Waals surface area contributed by atoms with Gasteiger partial charge in [-0.25, -0.2) is 8.42 Å². The lowest BCUT2D eigenvalue weighted by atomic mass is 9.99. The standard InChI is InChI=1S/C11H16N2O4S/c1-8-7-13(5-3-9(8)14)18(16,17)11-6-12-4-2-10(11)15/h2,4,6,8-9,14H,3,5,7H2,1H3,(H,12,15). The number of aliphatic hydroxyl groups excluding tert-OH is 1. The van der Waals surface area contributed by atoms with Crippen LogP contribution in [0.4, 0.5) is 0 Å². The number of rotatable bonds is 2. The molecule has 7 heteroatoms. The van der Waals surface area contributed by atoms with E-state index in [-0.39, 0.29) is 23.9 Å². The normalized spacial score (nSPS) is 26.1. The van der Waals surface area contributed by atoms with Crippen LogP contribution in [0, 0.1) is 5.92 Å². The summed E-state index contributed by atoms with van der Waals surface area (Å²) >= 11 is 0. The van der Waals surface area contributed by atoms with Gasteiger partial charge in [-0.2, -0.15) is 4.31 Å². The minimum atomic E-state index is -3.77. The predicted molar refractivity (Wildman–Crippen MR) is 65.6 cm³/mol. The molecule has 0 aromatic carbocycles. The van der Waals surface area contributed by atoms with Gasteiger partial charge in [0.1, 0.15) is 4.90 Å². The highest BCUT2D eigenvalue weighted by Crippen LogP contribution is 2.21. The lowest BCUT2D eigenvalue weighted by Crippen LogP contribution is -2.45. The zero-order chi connectivity index (χ0) is 13.3. The number of piperidine rings is 1. The molecule has 2 N–H and O–H groups in total. The van der Waals surface area contributed by atoms with E-state index in [1.54, 1.807) is 6.92 Å².